The molecule has 0 saturated carbocycles. The minimum absolute atomic E-state index is 0.0318. The van der Waals surface area contributed by atoms with E-state index < -0.39 is 10.0 Å². The molecule has 23 heavy (non-hydrogen) atoms. The fourth-order valence-corrected chi connectivity index (χ4v) is 4.56. The lowest BCUT2D eigenvalue weighted by Crippen LogP contribution is -2.29. The molecule has 0 radical (unpaired) electrons. The number of hydrogen-bond acceptors (Lipinski definition) is 4. The van der Waals surface area contributed by atoms with Crippen LogP contribution in [-0.2, 0) is 10.0 Å². The van der Waals surface area contributed by atoms with Crippen molar-refractivity contribution >= 4 is 59.1 Å². The van der Waals surface area contributed by atoms with E-state index in [1.165, 1.54) is 23.5 Å². The van der Waals surface area contributed by atoms with Crippen molar-refractivity contribution in [3.63, 3.8) is 0 Å². The van der Waals surface area contributed by atoms with Gasteiger partial charge in [-0.3, -0.25) is 4.79 Å². The number of amides is 1. The number of primary sulfonamides is 1. The molecule has 124 valence electrons. The number of halogens is 2. The third kappa shape index (κ3) is 4.21. The second-order valence-corrected chi connectivity index (χ2v) is 9.73. The molecular formula is C14H14Br2N2O3S2. The summed E-state index contributed by atoms with van der Waals surface area (Å²) in [5.41, 5.74) is 0.696. The van der Waals surface area contributed by atoms with Crippen LogP contribution in [0.4, 0.5) is 0 Å². The van der Waals surface area contributed by atoms with Gasteiger partial charge < -0.3 is 4.90 Å². The van der Waals surface area contributed by atoms with E-state index in [0.717, 1.165) is 8.26 Å². The molecule has 0 saturated heterocycles. The zero-order chi connectivity index (χ0) is 17.4. The van der Waals surface area contributed by atoms with Crippen molar-refractivity contribution < 1.29 is 13.2 Å². The van der Waals surface area contributed by atoms with Gasteiger partial charge in [-0.1, -0.05) is 12.1 Å². The van der Waals surface area contributed by atoms with E-state index in [1.807, 2.05) is 6.92 Å². The Labute approximate surface area is 155 Å². The summed E-state index contributed by atoms with van der Waals surface area (Å²) >= 11 is 8.06. The molecule has 0 bridgehead atoms. The summed E-state index contributed by atoms with van der Waals surface area (Å²) in [4.78, 5) is 14.7. The van der Waals surface area contributed by atoms with E-state index in [1.54, 1.807) is 30.1 Å². The minimum Gasteiger partial charge on any atom is -0.334 e. The Morgan fingerprint density at radius 3 is 2.48 bits per heavy atom. The summed E-state index contributed by atoms with van der Waals surface area (Å²) < 4.78 is 24.6. The van der Waals surface area contributed by atoms with Gasteiger partial charge in [-0.2, -0.15) is 0 Å². The van der Waals surface area contributed by atoms with Gasteiger partial charge in [-0.25, -0.2) is 13.6 Å². The number of thiophene rings is 1. The predicted molar refractivity (Wildman–Crippen MR) is 98.0 cm³/mol. The van der Waals surface area contributed by atoms with Crippen molar-refractivity contribution in [3.05, 3.63) is 49.0 Å². The van der Waals surface area contributed by atoms with Crippen LogP contribution in [0.3, 0.4) is 0 Å². The van der Waals surface area contributed by atoms with E-state index in [-0.39, 0.29) is 16.8 Å². The third-order valence-electron chi connectivity index (χ3n) is 3.43. The van der Waals surface area contributed by atoms with Gasteiger partial charge in [0, 0.05) is 11.5 Å². The molecule has 1 aromatic heterocycles. The molecule has 0 aliphatic rings. The molecule has 1 unspecified atom stereocenters. The van der Waals surface area contributed by atoms with Gasteiger partial charge in [0.15, 0.2) is 0 Å². The van der Waals surface area contributed by atoms with Crippen LogP contribution in [0.1, 0.15) is 28.2 Å². The Bertz CT molecular complexity index is 830. The van der Waals surface area contributed by atoms with Crippen LogP contribution in [0, 0.1) is 0 Å². The van der Waals surface area contributed by atoms with Crippen LogP contribution < -0.4 is 5.14 Å². The Morgan fingerprint density at radius 2 is 1.96 bits per heavy atom. The van der Waals surface area contributed by atoms with Gasteiger partial charge in [0.2, 0.25) is 10.0 Å². The first-order chi connectivity index (χ1) is 10.6. The van der Waals surface area contributed by atoms with Crippen molar-refractivity contribution in [1.29, 1.82) is 0 Å². The summed E-state index contributed by atoms with van der Waals surface area (Å²) in [5.74, 6) is -0.144. The lowest BCUT2D eigenvalue weighted by Gasteiger charge is -2.25. The topological polar surface area (TPSA) is 80.5 Å². The average molecular weight is 482 g/mol. The SMILES string of the molecule is CC(c1cccc(S(N)(=O)=O)c1)N(C)C(=O)c1cc(Br)c(Br)s1. The van der Waals surface area contributed by atoms with Crippen LogP contribution >= 0.6 is 43.2 Å². The van der Waals surface area contributed by atoms with E-state index in [9.17, 15) is 13.2 Å². The number of sulfonamides is 1. The van der Waals surface area contributed by atoms with Crippen molar-refractivity contribution in [2.24, 2.45) is 5.14 Å². The summed E-state index contributed by atoms with van der Waals surface area (Å²) in [6.45, 7) is 1.83. The summed E-state index contributed by atoms with van der Waals surface area (Å²) in [6.07, 6.45) is 0. The Hall–Kier alpha value is -0.740. The normalized spacial score (nSPS) is 12.9. The van der Waals surface area contributed by atoms with Crippen molar-refractivity contribution in [2.45, 2.75) is 17.9 Å². The lowest BCUT2D eigenvalue weighted by molar-refractivity contribution is 0.0747. The summed E-state index contributed by atoms with van der Waals surface area (Å²) in [5, 5.41) is 5.16. The second kappa shape index (κ2) is 7.02. The Kier molecular flexibility index (Phi) is 5.68. The first kappa shape index (κ1) is 18.6. The van der Waals surface area contributed by atoms with Crippen LogP contribution in [0.15, 0.2) is 43.5 Å². The highest BCUT2D eigenvalue weighted by atomic mass is 79.9. The Balaban J connectivity index is 2.29. The molecule has 2 rings (SSSR count). The van der Waals surface area contributed by atoms with Crippen LogP contribution in [0.25, 0.3) is 0 Å². The van der Waals surface area contributed by atoms with E-state index in [4.69, 9.17) is 5.14 Å². The maximum Gasteiger partial charge on any atom is 0.264 e. The van der Waals surface area contributed by atoms with Gasteiger partial charge in [0.25, 0.3) is 5.91 Å². The maximum absolute atomic E-state index is 12.6. The third-order valence-corrected chi connectivity index (χ3v) is 7.58. The average Bonchev–Trinajstić information content (AvgIpc) is 2.83. The molecule has 1 amide bonds. The quantitative estimate of drug-likeness (QED) is 0.721. The van der Waals surface area contributed by atoms with Gasteiger partial charge in [0.1, 0.15) is 0 Å². The zero-order valence-corrected chi connectivity index (χ0v) is 17.1. The minimum atomic E-state index is -3.77. The molecular weight excluding hydrogens is 468 g/mol. The number of nitrogens with zero attached hydrogens (tertiary/aromatic N) is 1. The van der Waals surface area contributed by atoms with E-state index in [2.05, 4.69) is 31.9 Å². The number of benzene rings is 1. The first-order valence-electron chi connectivity index (χ1n) is 6.46. The second-order valence-electron chi connectivity index (χ2n) is 4.94. The highest BCUT2D eigenvalue weighted by Crippen LogP contribution is 2.34. The van der Waals surface area contributed by atoms with Crippen LogP contribution in [0.2, 0.25) is 0 Å². The molecule has 0 aliphatic carbocycles. The zero-order valence-electron chi connectivity index (χ0n) is 12.3. The first-order valence-corrected chi connectivity index (χ1v) is 10.4. The van der Waals surface area contributed by atoms with Crippen LogP contribution in [-0.4, -0.2) is 26.3 Å². The van der Waals surface area contributed by atoms with Crippen molar-refractivity contribution in [3.8, 4) is 0 Å². The fourth-order valence-electron chi connectivity index (χ4n) is 1.98. The predicted octanol–water partition coefficient (Wildman–Crippen LogP) is 3.75. The molecule has 5 nitrogen and oxygen atoms in total. The van der Waals surface area contributed by atoms with E-state index >= 15 is 0 Å². The smallest absolute Gasteiger partial charge is 0.264 e. The van der Waals surface area contributed by atoms with Crippen molar-refractivity contribution in [2.75, 3.05) is 7.05 Å². The highest BCUT2D eigenvalue weighted by molar-refractivity contribution is 9.13. The molecule has 9 heteroatoms. The van der Waals surface area contributed by atoms with Crippen LogP contribution in [0.5, 0.6) is 0 Å². The van der Waals surface area contributed by atoms with Gasteiger partial charge in [-0.05, 0) is 62.5 Å². The molecule has 1 atom stereocenters. The molecule has 1 aromatic carbocycles. The largest absolute Gasteiger partial charge is 0.334 e. The van der Waals surface area contributed by atoms with E-state index in [0.29, 0.717) is 10.4 Å². The summed E-state index contributed by atoms with van der Waals surface area (Å²) in [6, 6.07) is 7.75. The van der Waals surface area contributed by atoms with Crippen molar-refractivity contribution in [1.82, 2.24) is 4.90 Å². The number of hydrogen-bond donors (Lipinski definition) is 1. The molecule has 0 fully saturated rings. The standard InChI is InChI=1S/C14H14Br2N2O3S2/c1-8(9-4-3-5-10(6-9)23(17,20)21)18(2)14(19)12-7-11(15)13(16)22-12/h3-8H,1-2H3,(H2,17,20,21). The molecule has 0 spiro atoms. The monoisotopic (exact) mass is 480 g/mol. The van der Waals surface area contributed by atoms with Gasteiger partial charge >= 0.3 is 0 Å². The number of carbonyl (C=O) groups is 1. The van der Waals surface area contributed by atoms with Gasteiger partial charge in [0.05, 0.1) is 19.6 Å². The molecule has 2 N–H and O–H groups in total. The fraction of sp³-hybridized carbons (Fsp3) is 0.214. The maximum atomic E-state index is 12.6. The number of carbonyl (C=O) groups excluding carboxylic acids is 1. The number of rotatable bonds is 4. The Morgan fingerprint density at radius 1 is 1.30 bits per heavy atom. The molecule has 1 heterocycles. The van der Waals surface area contributed by atoms with Gasteiger partial charge in [-0.15, -0.1) is 11.3 Å². The highest BCUT2D eigenvalue weighted by Gasteiger charge is 2.22. The summed E-state index contributed by atoms with van der Waals surface area (Å²) in [7, 11) is -2.09. The molecule has 0 aliphatic heterocycles. The molecule has 2 aromatic rings. The lowest BCUT2D eigenvalue weighted by atomic mass is 10.1. The number of nitrogens with two attached hydrogens (primary N) is 1.